The predicted octanol–water partition coefficient (Wildman–Crippen LogP) is 8.95. The first-order valence-corrected chi connectivity index (χ1v) is 18.4. The maximum absolute atomic E-state index is 15.4. The van der Waals surface area contributed by atoms with Gasteiger partial charge in [0, 0.05) is 23.1 Å². The minimum atomic E-state index is -7.22. The number of nitrogens with zero attached hydrogens (tertiary/aromatic N) is 1. The number of ketones is 1. The van der Waals surface area contributed by atoms with E-state index in [2.05, 4.69) is 6.58 Å². The molecule has 1 heterocycles. The van der Waals surface area contributed by atoms with Gasteiger partial charge in [0.05, 0.1) is 0 Å². The van der Waals surface area contributed by atoms with Crippen molar-refractivity contribution in [2.24, 2.45) is 0 Å². The average molecular weight is 997 g/mol. The number of carbonyl (C=O) groups excluding carboxylic acids is 1. The molecule has 7 aromatic rings. The van der Waals surface area contributed by atoms with Crippen LogP contribution in [0.4, 0.5) is 87.8 Å². The van der Waals surface area contributed by atoms with Crippen LogP contribution >= 0.6 is 0 Å². The van der Waals surface area contributed by atoms with Crippen molar-refractivity contribution in [3.63, 3.8) is 0 Å². The van der Waals surface area contributed by atoms with Gasteiger partial charge in [-0.05, 0) is 12.1 Å². The van der Waals surface area contributed by atoms with Gasteiger partial charge in [-0.15, -0.1) is 21.9 Å². The maximum atomic E-state index is 15.4. The summed E-state index contributed by atoms with van der Waals surface area (Å²) in [4.78, 5) is 24.0. The highest BCUT2D eigenvalue weighted by atomic mass is 19.2. The van der Waals surface area contributed by atoms with Crippen LogP contribution in [0.5, 0.6) is 0 Å². The van der Waals surface area contributed by atoms with Crippen molar-refractivity contribution < 1.29 is 107 Å². The fourth-order valence-electron chi connectivity index (χ4n) is 7.54. The molecule has 7 rings (SSSR count). The Bertz CT molecular complexity index is 2950. The number of carboxylic acids is 1. The lowest BCUT2D eigenvalue weighted by atomic mass is 9.12. The number of hydrogen-bond acceptors (Lipinski definition) is 2. The minimum Gasteiger partial charge on any atom is -0.477 e. The van der Waals surface area contributed by atoms with Crippen LogP contribution in [-0.4, -0.2) is 23.0 Å². The molecule has 0 bridgehead atoms. The minimum absolute atomic E-state index is 0.0402. The molecular formula is C44H16BF20NO3. The second-order valence-electron chi connectivity index (χ2n) is 14.2. The van der Waals surface area contributed by atoms with Gasteiger partial charge < -0.3 is 5.11 Å². The third kappa shape index (κ3) is 7.97. The zero-order valence-electron chi connectivity index (χ0n) is 33.1. The zero-order valence-corrected chi connectivity index (χ0v) is 33.1. The summed E-state index contributed by atoms with van der Waals surface area (Å²) in [6.07, 6.45) is -7.22. The molecule has 0 radical (unpaired) electrons. The fourth-order valence-corrected chi connectivity index (χ4v) is 7.54. The van der Waals surface area contributed by atoms with Crippen molar-refractivity contribution in [2.75, 3.05) is 0 Å². The summed E-state index contributed by atoms with van der Waals surface area (Å²) >= 11 is 0. The first-order valence-electron chi connectivity index (χ1n) is 18.4. The first-order chi connectivity index (χ1) is 32.3. The second-order valence-corrected chi connectivity index (χ2v) is 14.2. The van der Waals surface area contributed by atoms with E-state index in [0.29, 0.717) is 11.3 Å². The van der Waals surface area contributed by atoms with E-state index in [1.54, 1.807) is 34.9 Å². The Morgan fingerprint density at radius 3 is 1.01 bits per heavy atom. The molecule has 0 unspecified atom stereocenters. The van der Waals surface area contributed by atoms with E-state index >= 15 is 35.1 Å². The van der Waals surface area contributed by atoms with Crippen LogP contribution in [0.15, 0.2) is 73.3 Å². The van der Waals surface area contributed by atoms with Crippen LogP contribution < -0.4 is 26.4 Å². The van der Waals surface area contributed by atoms with E-state index < -0.39 is 150 Å². The predicted molar refractivity (Wildman–Crippen MR) is 201 cm³/mol. The second kappa shape index (κ2) is 18.8. The Morgan fingerprint density at radius 1 is 0.406 bits per heavy atom. The number of pyridine rings is 1. The fraction of sp³-hybridized carbons (Fsp3) is 0.0227. The van der Waals surface area contributed by atoms with Gasteiger partial charge in [0.1, 0.15) is 58.3 Å². The van der Waals surface area contributed by atoms with Gasteiger partial charge in [-0.2, -0.15) is 4.57 Å². The smallest absolute Gasteiger partial charge is 0.341 e. The molecule has 0 aliphatic heterocycles. The van der Waals surface area contributed by atoms with Crippen molar-refractivity contribution in [2.45, 2.75) is 6.54 Å². The normalized spacial score (nSPS) is 11.5. The van der Waals surface area contributed by atoms with E-state index in [4.69, 9.17) is 0 Å². The number of hydrogen-bond donors (Lipinski definition) is 1. The molecule has 0 saturated heterocycles. The summed E-state index contributed by atoms with van der Waals surface area (Å²) in [7, 11) is 0. The number of carbonyl (C=O) groups is 2. The van der Waals surface area contributed by atoms with E-state index in [0.717, 1.165) is 10.9 Å². The number of benzene rings is 6. The van der Waals surface area contributed by atoms with Crippen molar-refractivity contribution >= 4 is 56.2 Å². The topological polar surface area (TPSA) is 58.2 Å². The molecule has 69 heavy (non-hydrogen) atoms. The summed E-state index contributed by atoms with van der Waals surface area (Å²) in [5, 5.41) is 10.2. The molecule has 1 N–H and O–H groups in total. The van der Waals surface area contributed by atoms with Crippen LogP contribution in [0.25, 0.3) is 16.5 Å². The quantitative estimate of drug-likeness (QED) is 0.0299. The highest BCUT2D eigenvalue weighted by Gasteiger charge is 2.52. The number of halogens is 20. The molecular weight excluding hydrogens is 981 g/mol. The Hall–Kier alpha value is -7.73. The van der Waals surface area contributed by atoms with Gasteiger partial charge in [0.25, 0.3) is 0 Å². The van der Waals surface area contributed by atoms with E-state index in [-0.39, 0.29) is 17.9 Å². The number of aromatic nitrogens is 1. The average Bonchev–Trinajstić information content (AvgIpc) is 3.34. The van der Waals surface area contributed by atoms with Gasteiger partial charge in [0.2, 0.25) is 23.5 Å². The van der Waals surface area contributed by atoms with Gasteiger partial charge >= 0.3 is 5.97 Å². The molecule has 25 heteroatoms. The number of rotatable bonds is 9. The molecule has 6 aromatic carbocycles. The van der Waals surface area contributed by atoms with Gasteiger partial charge in [-0.3, -0.25) is 4.79 Å². The van der Waals surface area contributed by atoms with Gasteiger partial charge in [-0.25, -0.2) is 92.6 Å². The van der Waals surface area contributed by atoms with Crippen molar-refractivity contribution in [1.29, 1.82) is 0 Å². The number of Topliss-reactive ketones (excluding diaryl/α,β-unsaturated/α-hetero) is 1. The molecule has 0 spiro atoms. The molecule has 0 aliphatic carbocycles. The Balaban J connectivity index is 0.000000273. The van der Waals surface area contributed by atoms with Crippen LogP contribution in [0.2, 0.25) is 0 Å². The summed E-state index contributed by atoms with van der Waals surface area (Å²) in [6.45, 7) is 3.69. The molecule has 0 aliphatic rings. The van der Waals surface area contributed by atoms with Gasteiger partial charge in [-0.1, -0.05) is 49.0 Å². The monoisotopic (exact) mass is 997 g/mol. The van der Waals surface area contributed by atoms with Crippen molar-refractivity contribution in [1.82, 2.24) is 0 Å². The number of para-hydroxylation sites is 1. The third-order valence-electron chi connectivity index (χ3n) is 10.6. The molecule has 0 atom stereocenters. The maximum Gasteiger partial charge on any atom is 0.341 e. The Labute approximate surface area is 370 Å². The lowest BCUT2D eigenvalue weighted by molar-refractivity contribution is -0.659. The summed E-state index contributed by atoms with van der Waals surface area (Å²) in [5.41, 5.74) is -12.6. The molecule has 4 nitrogen and oxygen atoms in total. The highest BCUT2D eigenvalue weighted by molar-refractivity contribution is 7.20. The number of aliphatic carboxylic acids is 1. The third-order valence-corrected chi connectivity index (χ3v) is 10.6. The summed E-state index contributed by atoms with van der Waals surface area (Å²) in [5.74, 6) is -72.6. The highest BCUT2D eigenvalue weighted by Crippen LogP contribution is 2.31. The van der Waals surface area contributed by atoms with Crippen LogP contribution in [0, 0.1) is 116 Å². The van der Waals surface area contributed by atoms with Crippen molar-refractivity contribution in [3.05, 3.63) is 201 Å². The number of carboxylic acid groups (broad SMARTS) is 1. The van der Waals surface area contributed by atoms with Crippen LogP contribution in [0.1, 0.15) is 16.1 Å². The molecule has 358 valence electrons. The first kappa shape index (κ1) is 50.7. The summed E-state index contributed by atoms with van der Waals surface area (Å²) < 4.78 is 296. The molecule has 0 fully saturated rings. The summed E-state index contributed by atoms with van der Waals surface area (Å²) in [6, 6.07) is 20.0. The lowest BCUT2D eigenvalue weighted by Gasteiger charge is -2.44. The van der Waals surface area contributed by atoms with E-state index in [1.807, 2.05) is 36.4 Å². The standard InChI is InChI=1S/C24BF20.C20H15NO3/c26-5-1(6(27)14(35)21(42)13(5)34)25(2-7(28)15(36)22(43)16(37)8(2)29,3-9(30)17(38)23(44)18(39)10(3)31)4-11(32)19(40)24(45)20(41)12(4)33;1-14(20(23)24)17-12-11-15-7-5-6-10-18(15)21(17)13-19(22)16-8-3-2-4-9-16/h;2-12H,1,13H2/q-1;/p+1. The van der Waals surface area contributed by atoms with E-state index in [1.165, 1.54) is 0 Å². The lowest BCUT2D eigenvalue weighted by Crippen LogP contribution is -2.81. The molecule has 0 saturated carbocycles. The zero-order chi connectivity index (χ0) is 51.5. The molecule has 1 aromatic heterocycles. The van der Waals surface area contributed by atoms with Crippen LogP contribution in [-0.2, 0) is 11.3 Å². The largest absolute Gasteiger partial charge is 0.477 e. The van der Waals surface area contributed by atoms with Crippen LogP contribution in [0.3, 0.4) is 0 Å². The Morgan fingerprint density at radius 2 is 0.696 bits per heavy atom. The Kier molecular flexibility index (Phi) is 13.8. The molecule has 0 amide bonds. The SMILES string of the molecule is C=C(C(=O)O)c1ccc2ccccc2[n+]1CC(=O)c1ccccc1.Fc1c(F)c(F)c([B-](c2c(F)c(F)c(F)c(F)c2F)(c2c(F)c(F)c(F)c(F)c2F)c2c(F)c(F)c(F)c(F)c2F)c(F)c1F. The van der Waals surface area contributed by atoms with E-state index in [9.17, 15) is 67.4 Å². The van der Waals surface area contributed by atoms with Crippen molar-refractivity contribution in [3.8, 4) is 0 Å². The number of fused-ring (bicyclic) bond motifs is 1. The van der Waals surface area contributed by atoms with Gasteiger partial charge in [0.15, 0.2) is 69.8 Å².